The zero-order valence-corrected chi connectivity index (χ0v) is 17.4. The highest BCUT2D eigenvalue weighted by Crippen LogP contribution is 2.28. The molecule has 164 valence electrons. The summed E-state index contributed by atoms with van der Waals surface area (Å²) in [6.07, 6.45) is 0. The van der Waals surface area contributed by atoms with Crippen molar-refractivity contribution in [3.05, 3.63) is 98.6 Å². The molecule has 0 spiro atoms. The van der Waals surface area contributed by atoms with Gasteiger partial charge in [0.1, 0.15) is 5.69 Å². The van der Waals surface area contributed by atoms with E-state index in [4.69, 9.17) is 0 Å². The van der Waals surface area contributed by atoms with Gasteiger partial charge in [-0.05, 0) is 48.9 Å². The van der Waals surface area contributed by atoms with Crippen LogP contribution in [-0.4, -0.2) is 24.0 Å². The third-order valence-corrected chi connectivity index (χ3v) is 5.72. The Labute approximate surface area is 182 Å². The van der Waals surface area contributed by atoms with Crippen molar-refractivity contribution >= 4 is 38.5 Å². The summed E-state index contributed by atoms with van der Waals surface area (Å²) >= 11 is 0. The molecular formula is C20H17N5O6S. The van der Waals surface area contributed by atoms with Crippen LogP contribution in [0.5, 0.6) is 0 Å². The largest absolute Gasteiger partial charge is 0.295 e. The van der Waals surface area contributed by atoms with Crippen LogP contribution in [0.25, 0.3) is 0 Å². The predicted octanol–water partition coefficient (Wildman–Crippen LogP) is 4.14. The number of anilines is 2. The second kappa shape index (κ2) is 9.22. The number of non-ortho nitro benzene ring substituents is 1. The highest BCUT2D eigenvalue weighted by atomic mass is 32.2. The number of para-hydroxylation sites is 1. The number of nitro benzene ring substituents is 2. The van der Waals surface area contributed by atoms with Gasteiger partial charge in [-0.15, -0.1) is 0 Å². The van der Waals surface area contributed by atoms with E-state index in [1.807, 2.05) is 0 Å². The molecule has 0 fully saturated rings. The van der Waals surface area contributed by atoms with E-state index in [2.05, 4.69) is 15.2 Å². The van der Waals surface area contributed by atoms with Gasteiger partial charge >= 0.3 is 0 Å². The fourth-order valence-corrected chi connectivity index (χ4v) is 3.76. The molecule has 0 bridgehead atoms. The Kier molecular flexibility index (Phi) is 6.45. The Balaban J connectivity index is 1.85. The van der Waals surface area contributed by atoms with Crippen molar-refractivity contribution in [3.63, 3.8) is 0 Å². The normalized spacial score (nSPS) is 11.6. The summed E-state index contributed by atoms with van der Waals surface area (Å²) in [5, 5.41) is 26.3. The minimum atomic E-state index is -4.04. The summed E-state index contributed by atoms with van der Waals surface area (Å²) in [6, 6.07) is 17.2. The molecule has 0 saturated heterocycles. The van der Waals surface area contributed by atoms with E-state index < -0.39 is 25.6 Å². The van der Waals surface area contributed by atoms with Gasteiger partial charge in [0.05, 0.1) is 20.5 Å². The fourth-order valence-electron chi connectivity index (χ4n) is 2.68. The molecule has 0 atom stereocenters. The lowest BCUT2D eigenvalue weighted by Gasteiger charge is -2.09. The fraction of sp³-hybridized carbons (Fsp3) is 0.0500. The van der Waals surface area contributed by atoms with E-state index in [9.17, 15) is 28.6 Å². The number of sulfonamides is 1. The van der Waals surface area contributed by atoms with Crippen LogP contribution in [0.2, 0.25) is 0 Å². The predicted molar refractivity (Wildman–Crippen MR) is 119 cm³/mol. The Morgan fingerprint density at radius 1 is 0.906 bits per heavy atom. The van der Waals surface area contributed by atoms with Crippen LogP contribution in [0.15, 0.2) is 82.8 Å². The molecule has 3 aromatic rings. The van der Waals surface area contributed by atoms with Gasteiger partial charge in [0, 0.05) is 23.9 Å². The van der Waals surface area contributed by atoms with Crippen LogP contribution in [-0.2, 0) is 10.0 Å². The summed E-state index contributed by atoms with van der Waals surface area (Å²) < 4.78 is 27.5. The summed E-state index contributed by atoms with van der Waals surface area (Å²) in [4.78, 5) is 20.7. The van der Waals surface area contributed by atoms with Gasteiger partial charge in [-0.2, -0.15) is 5.10 Å². The molecule has 12 heteroatoms. The average molecular weight is 455 g/mol. The molecule has 0 heterocycles. The van der Waals surface area contributed by atoms with Crippen LogP contribution in [0.1, 0.15) is 12.5 Å². The van der Waals surface area contributed by atoms with Crippen molar-refractivity contribution in [2.24, 2.45) is 5.10 Å². The topological polar surface area (TPSA) is 157 Å². The quantitative estimate of drug-likeness (QED) is 0.293. The monoisotopic (exact) mass is 455 g/mol. The van der Waals surface area contributed by atoms with Crippen LogP contribution < -0.4 is 10.1 Å². The lowest BCUT2D eigenvalue weighted by Crippen LogP contribution is -2.13. The summed E-state index contributed by atoms with van der Waals surface area (Å²) in [5.74, 6) is 0. The third-order valence-electron chi connectivity index (χ3n) is 4.34. The number of rotatable bonds is 8. The van der Waals surface area contributed by atoms with Gasteiger partial charge in [0.15, 0.2) is 0 Å². The molecule has 0 aliphatic carbocycles. The van der Waals surface area contributed by atoms with Crippen LogP contribution in [0.3, 0.4) is 0 Å². The number of hydrogen-bond acceptors (Lipinski definition) is 8. The molecule has 32 heavy (non-hydrogen) atoms. The first-order chi connectivity index (χ1) is 15.2. The minimum absolute atomic E-state index is 0.0186. The van der Waals surface area contributed by atoms with E-state index in [1.165, 1.54) is 36.4 Å². The van der Waals surface area contributed by atoms with Crippen molar-refractivity contribution in [2.45, 2.75) is 11.8 Å². The van der Waals surface area contributed by atoms with Crippen molar-refractivity contribution in [3.8, 4) is 0 Å². The maximum absolute atomic E-state index is 12.6. The molecule has 0 unspecified atom stereocenters. The van der Waals surface area contributed by atoms with Gasteiger partial charge in [-0.25, -0.2) is 8.42 Å². The van der Waals surface area contributed by atoms with E-state index in [-0.39, 0.29) is 16.3 Å². The minimum Gasteiger partial charge on any atom is -0.280 e. The first kappa shape index (κ1) is 22.4. The maximum atomic E-state index is 12.6. The molecular weight excluding hydrogens is 438 g/mol. The first-order valence-electron chi connectivity index (χ1n) is 9.09. The maximum Gasteiger partial charge on any atom is 0.295 e. The smallest absolute Gasteiger partial charge is 0.280 e. The summed E-state index contributed by atoms with van der Waals surface area (Å²) in [7, 11) is -4.04. The lowest BCUT2D eigenvalue weighted by atomic mass is 10.1. The van der Waals surface area contributed by atoms with E-state index in [0.29, 0.717) is 17.0 Å². The number of hydrogen-bond donors (Lipinski definition) is 2. The highest BCUT2D eigenvalue weighted by Gasteiger charge is 2.21. The van der Waals surface area contributed by atoms with Crippen molar-refractivity contribution in [1.82, 2.24) is 0 Å². The van der Waals surface area contributed by atoms with Gasteiger partial charge in [0.25, 0.3) is 21.4 Å². The highest BCUT2D eigenvalue weighted by molar-refractivity contribution is 7.92. The number of nitrogens with one attached hydrogen (secondary N) is 2. The molecule has 0 aliphatic rings. The molecule has 2 N–H and O–H groups in total. The van der Waals surface area contributed by atoms with Crippen LogP contribution in [0.4, 0.5) is 22.7 Å². The second-order valence-electron chi connectivity index (χ2n) is 6.52. The Morgan fingerprint density at radius 3 is 2.16 bits per heavy atom. The molecule has 0 aliphatic heterocycles. The Bertz CT molecular complexity index is 1290. The third kappa shape index (κ3) is 5.23. The number of nitro groups is 2. The molecule has 0 aromatic heterocycles. The van der Waals surface area contributed by atoms with Gasteiger partial charge in [0.2, 0.25) is 0 Å². The SMILES string of the molecule is CC(=NNc1ccc(S(=O)(=O)Nc2ccccc2)cc1[N+](=O)[O-])c1ccc([N+](=O)[O-])cc1. The van der Waals surface area contributed by atoms with E-state index >= 15 is 0 Å². The second-order valence-corrected chi connectivity index (χ2v) is 8.20. The number of benzene rings is 3. The Morgan fingerprint density at radius 2 is 1.56 bits per heavy atom. The molecule has 0 amide bonds. The lowest BCUT2D eigenvalue weighted by molar-refractivity contribution is -0.384. The summed E-state index contributed by atoms with van der Waals surface area (Å²) in [6.45, 7) is 1.61. The van der Waals surface area contributed by atoms with Gasteiger partial charge in [-0.3, -0.25) is 30.4 Å². The number of nitrogens with zero attached hydrogens (tertiary/aromatic N) is 3. The molecule has 0 saturated carbocycles. The zero-order valence-electron chi connectivity index (χ0n) is 16.6. The van der Waals surface area contributed by atoms with Crippen LogP contribution >= 0.6 is 0 Å². The number of hydrazone groups is 1. The van der Waals surface area contributed by atoms with E-state index in [1.54, 1.807) is 37.3 Å². The van der Waals surface area contributed by atoms with Gasteiger partial charge < -0.3 is 0 Å². The molecule has 3 aromatic carbocycles. The van der Waals surface area contributed by atoms with E-state index in [0.717, 1.165) is 6.07 Å². The van der Waals surface area contributed by atoms with Gasteiger partial charge in [-0.1, -0.05) is 18.2 Å². The standard InChI is InChI=1S/C20H17N5O6S/c1-14(15-7-9-17(10-8-15)24(26)27)21-22-19-12-11-18(13-20(19)25(28)29)32(30,31)23-16-5-3-2-4-6-16/h2-13,22-23H,1H3. The van der Waals surface area contributed by atoms with Crippen molar-refractivity contribution < 1.29 is 18.3 Å². The first-order valence-corrected chi connectivity index (χ1v) is 10.6. The van der Waals surface area contributed by atoms with Crippen molar-refractivity contribution in [2.75, 3.05) is 10.1 Å². The van der Waals surface area contributed by atoms with Crippen molar-refractivity contribution in [1.29, 1.82) is 0 Å². The average Bonchev–Trinajstić information content (AvgIpc) is 2.77. The molecule has 0 radical (unpaired) electrons. The molecule has 11 nitrogen and oxygen atoms in total. The zero-order chi connectivity index (χ0) is 23.3. The van der Waals surface area contributed by atoms with Crippen LogP contribution in [0, 0.1) is 20.2 Å². The summed E-state index contributed by atoms with van der Waals surface area (Å²) in [5.41, 5.74) is 3.27. The Hall–Kier alpha value is -4.32. The molecule has 3 rings (SSSR count).